The van der Waals surface area contributed by atoms with E-state index in [0.29, 0.717) is 0 Å². The van der Waals surface area contributed by atoms with E-state index < -0.39 is 0 Å². The van der Waals surface area contributed by atoms with Crippen LogP contribution < -0.4 is 5.32 Å². The molecule has 0 unspecified atom stereocenters. The Labute approximate surface area is 217 Å². The predicted octanol–water partition coefficient (Wildman–Crippen LogP) is 8.14. The molecule has 2 aliphatic rings. The van der Waals surface area contributed by atoms with Crippen LogP contribution in [0.25, 0.3) is 22.9 Å². The molecule has 0 spiro atoms. The summed E-state index contributed by atoms with van der Waals surface area (Å²) in [6.45, 7) is 10.4. The van der Waals surface area contributed by atoms with Crippen molar-refractivity contribution in [3.8, 4) is 11.3 Å². The molecule has 2 heterocycles. The predicted molar refractivity (Wildman–Crippen MR) is 157 cm³/mol. The lowest BCUT2D eigenvalue weighted by Crippen LogP contribution is -2.21. The molecule has 0 bridgehead atoms. The largest absolute Gasteiger partial charge is 0.317 e. The smallest absolute Gasteiger partial charge is 0.0995 e. The first-order chi connectivity index (χ1) is 17.7. The van der Waals surface area contributed by atoms with Gasteiger partial charge in [0.1, 0.15) is 0 Å². The van der Waals surface area contributed by atoms with Gasteiger partial charge in [0.2, 0.25) is 0 Å². The van der Waals surface area contributed by atoms with Crippen LogP contribution in [0, 0.1) is 13.3 Å². The molecular weight excluding hydrogens is 438 g/mol. The van der Waals surface area contributed by atoms with Crippen LogP contribution in [0.1, 0.15) is 55.0 Å². The summed E-state index contributed by atoms with van der Waals surface area (Å²) in [7, 11) is 0. The number of H-pyrrole nitrogens is 1. The molecule has 3 aromatic rings. The average Bonchev–Trinajstić information content (AvgIpc) is 3.62. The Bertz CT molecular complexity index is 1120. The van der Waals surface area contributed by atoms with Crippen molar-refractivity contribution in [2.24, 2.45) is 0 Å². The summed E-state index contributed by atoms with van der Waals surface area (Å²) in [5.74, 6) is 0. The van der Waals surface area contributed by atoms with Gasteiger partial charge in [-0.15, -0.1) is 6.58 Å². The first-order valence-electron chi connectivity index (χ1n) is 13.1. The first kappa shape index (κ1) is 27.2. The van der Waals surface area contributed by atoms with Crippen LogP contribution in [0.4, 0.5) is 0 Å². The average molecular weight is 479 g/mol. The van der Waals surface area contributed by atoms with Crippen LogP contribution in [0.15, 0.2) is 91.6 Å². The van der Waals surface area contributed by atoms with Crippen molar-refractivity contribution in [1.29, 1.82) is 0 Å². The quantitative estimate of drug-likeness (QED) is 0.351. The molecule has 1 fully saturated rings. The van der Waals surface area contributed by atoms with E-state index in [2.05, 4.69) is 114 Å². The highest BCUT2D eigenvalue weighted by Gasteiger charge is 2.11. The molecule has 3 heteroatoms. The van der Waals surface area contributed by atoms with Crippen LogP contribution in [0.2, 0.25) is 0 Å². The number of rotatable bonds is 6. The van der Waals surface area contributed by atoms with Crippen molar-refractivity contribution in [2.75, 3.05) is 13.1 Å². The Morgan fingerprint density at radius 2 is 1.67 bits per heavy atom. The molecular formula is C33H40N3. The summed E-state index contributed by atoms with van der Waals surface area (Å²) in [4.78, 5) is 0. The standard InChI is InChI=1S/C17H20N2.C11H9.C5H11N/c1-4-6-8-16-15(7-5-2)17(19-18-16)14-11-9-13(3)10-12-14;1-2-6-10(7-3-1)11-8-4-5-9-11;1-2-4-6-5-3-1/h4-5,7,9-12H,1,6,8H2,2-3H3,(H,18,19);1-9H;6H,1-5H2/b7-5-;;. The van der Waals surface area contributed by atoms with E-state index in [1.54, 1.807) is 0 Å². The normalized spacial score (nSPS) is 14.4. The second-order valence-electron chi connectivity index (χ2n) is 9.01. The Balaban J connectivity index is 0.000000176. The zero-order valence-corrected chi connectivity index (χ0v) is 21.8. The lowest BCUT2D eigenvalue weighted by atomic mass is 10.0. The van der Waals surface area contributed by atoms with Crippen molar-refractivity contribution >= 4 is 11.6 Å². The van der Waals surface area contributed by atoms with E-state index in [4.69, 9.17) is 0 Å². The molecule has 36 heavy (non-hydrogen) atoms. The minimum absolute atomic E-state index is 0.946. The van der Waals surface area contributed by atoms with Gasteiger partial charge >= 0.3 is 0 Å². The van der Waals surface area contributed by atoms with Crippen LogP contribution in [-0.2, 0) is 6.42 Å². The maximum atomic E-state index is 4.48. The third kappa shape index (κ3) is 8.66. The molecule has 5 rings (SSSR count). The molecule has 1 aliphatic carbocycles. The van der Waals surface area contributed by atoms with Crippen LogP contribution >= 0.6 is 0 Å². The van der Waals surface area contributed by atoms with Gasteiger partial charge in [0.25, 0.3) is 0 Å². The van der Waals surface area contributed by atoms with Gasteiger partial charge < -0.3 is 5.32 Å². The van der Waals surface area contributed by atoms with E-state index in [-0.39, 0.29) is 0 Å². The molecule has 0 saturated carbocycles. The van der Waals surface area contributed by atoms with Gasteiger partial charge in [-0.3, -0.25) is 5.10 Å². The van der Waals surface area contributed by atoms with Crippen LogP contribution in [-0.4, -0.2) is 23.3 Å². The van der Waals surface area contributed by atoms with Gasteiger partial charge in [0.05, 0.1) is 5.69 Å². The fourth-order valence-electron chi connectivity index (χ4n) is 4.10. The highest BCUT2D eigenvalue weighted by molar-refractivity contribution is 5.77. The second-order valence-corrected chi connectivity index (χ2v) is 9.01. The number of benzene rings is 2. The number of aromatic nitrogens is 2. The van der Waals surface area contributed by atoms with E-state index >= 15 is 0 Å². The molecule has 1 radical (unpaired) electrons. The van der Waals surface area contributed by atoms with Crippen molar-refractivity contribution in [2.45, 2.75) is 46.0 Å². The van der Waals surface area contributed by atoms with Crippen molar-refractivity contribution < 1.29 is 0 Å². The number of aromatic amines is 1. The van der Waals surface area contributed by atoms with Gasteiger partial charge in [-0.2, -0.15) is 5.10 Å². The fourth-order valence-corrected chi connectivity index (χ4v) is 4.10. The van der Waals surface area contributed by atoms with Crippen molar-refractivity contribution in [3.05, 3.63) is 120 Å². The zero-order chi connectivity index (χ0) is 25.4. The highest BCUT2D eigenvalue weighted by Crippen LogP contribution is 2.26. The molecule has 187 valence electrons. The summed E-state index contributed by atoms with van der Waals surface area (Å²) in [5, 5.41) is 10.9. The van der Waals surface area contributed by atoms with E-state index in [1.165, 1.54) is 60.3 Å². The van der Waals surface area contributed by atoms with Gasteiger partial charge in [-0.05, 0) is 63.8 Å². The number of allylic oxidation sites excluding steroid dienone is 6. The molecule has 0 amide bonds. The Morgan fingerprint density at radius 1 is 0.917 bits per heavy atom. The van der Waals surface area contributed by atoms with E-state index in [9.17, 15) is 0 Å². The number of hydrogen-bond acceptors (Lipinski definition) is 2. The molecule has 1 aromatic heterocycles. The summed E-state index contributed by atoms with van der Waals surface area (Å²) in [6.07, 6.45) is 20.6. The number of nitrogens with zero attached hydrogens (tertiary/aromatic N) is 1. The third-order valence-electron chi connectivity index (χ3n) is 6.12. The number of hydrogen-bond donors (Lipinski definition) is 2. The lowest BCUT2D eigenvalue weighted by Gasteiger charge is -2.08. The zero-order valence-electron chi connectivity index (χ0n) is 21.8. The van der Waals surface area contributed by atoms with Gasteiger partial charge in [-0.25, -0.2) is 0 Å². The molecule has 0 atom stereocenters. The fraction of sp³-hybridized carbons (Fsp3) is 0.273. The summed E-state index contributed by atoms with van der Waals surface area (Å²) in [6, 6.07) is 18.9. The minimum atomic E-state index is 0.946. The Hall–Kier alpha value is -3.43. The lowest BCUT2D eigenvalue weighted by molar-refractivity contribution is 0.520. The van der Waals surface area contributed by atoms with Crippen molar-refractivity contribution in [1.82, 2.24) is 15.5 Å². The van der Waals surface area contributed by atoms with Gasteiger partial charge in [0.15, 0.2) is 0 Å². The molecule has 1 aliphatic heterocycles. The topological polar surface area (TPSA) is 40.7 Å². The molecule has 2 aromatic carbocycles. The minimum Gasteiger partial charge on any atom is -0.317 e. The number of nitrogens with one attached hydrogen (secondary N) is 2. The summed E-state index contributed by atoms with van der Waals surface area (Å²) < 4.78 is 0. The SMILES string of the molecule is C1CCNCC1.C=CCCc1[nH]nc(-c2ccc(C)cc2)c1/C=C\C.[CH]1C=CC=C1c1ccccc1. The molecule has 3 nitrogen and oxygen atoms in total. The summed E-state index contributed by atoms with van der Waals surface area (Å²) >= 11 is 0. The maximum absolute atomic E-state index is 4.48. The third-order valence-corrected chi connectivity index (χ3v) is 6.12. The van der Waals surface area contributed by atoms with Crippen LogP contribution in [0.3, 0.4) is 0 Å². The number of aryl methyl sites for hydroxylation is 2. The van der Waals surface area contributed by atoms with Crippen LogP contribution in [0.5, 0.6) is 0 Å². The molecule has 2 N–H and O–H groups in total. The van der Waals surface area contributed by atoms with E-state index in [1.807, 2.05) is 19.1 Å². The van der Waals surface area contributed by atoms with E-state index in [0.717, 1.165) is 24.1 Å². The van der Waals surface area contributed by atoms with Gasteiger partial charge in [0, 0.05) is 23.2 Å². The summed E-state index contributed by atoms with van der Waals surface area (Å²) in [5.41, 5.74) is 8.39. The number of piperidine rings is 1. The molecule has 1 saturated heterocycles. The highest BCUT2D eigenvalue weighted by atomic mass is 15.1. The first-order valence-corrected chi connectivity index (χ1v) is 13.1. The Kier molecular flexibility index (Phi) is 11.7. The second kappa shape index (κ2) is 15.5. The monoisotopic (exact) mass is 478 g/mol. The van der Waals surface area contributed by atoms with Crippen molar-refractivity contribution in [3.63, 3.8) is 0 Å². The van der Waals surface area contributed by atoms with Gasteiger partial charge in [-0.1, -0.05) is 103 Å². The Morgan fingerprint density at radius 3 is 2.22 bits per heavy atom. The maximum Gasteiger partial charge on any atom is 0.0995 e.